The number of nitrogens with one attached hydrogen (secondary N) is 1. The van der Waals surface area contributed by atoms with Crippen molar-refractivity contribution in [2.75, 3.05) is 11.9 Å². The Morgan fingerprint density at radius 1 is 1.26 bits per heavy atom. The molecular weight excluding hydrogens is 240 g/mol. The number of hydrogen-bond acceptors (Lipinski definition) is 2. The Hall–Kier alpha value is -2.36. The largest absolute Gasteiger partial charge is 0.494 e. The van der Waals surface area contributed by atoms with E-state index < -0.39 is 0 Å². The molecule has 1 amide bonds. The summed E-state index contributed by atoms with van der Waals surface area (Å²) in [6.07, 6.45) is 3.80. The van der Waals surface area contributed by atoms with Gasteiger partial charge in [0.1, 0.15) is 11.4 Å². The molecule has 1 heterocycles. The van der Waals surface area contributed by atoms with E-state index >= 15 is 0 Å². The highest BCUT2D eigenvalue weighted by molar-refractivity contribution is 5.88. The number of nitrogens with zero attached hydrogens (tertiary/aromatic N) is 1. The fourth-order valence-corrected chi connectivity index (χ4v) is 1.79. The number of carbonyl (C=O) groups is 1. The van der Waals surface area contributed by atoms with E-state index in [-0.39, 0.29) is 5.91 Å². The lowest BCUT2D eigenvalue weighted by molar-refractivity contribution is -0.595. The Bertz CT molecular complexity index is 565. The van der Waals surface area contributed by atoms with Gasteiger partial charge in [-0.1, -0.05) is 0 Å². The number of hydrogen-bond donors (Lipinski definition) is 1. The highest BCUT2D eigenvalue weighted by Crippen LogP contribution is 2.12. The van der Waals surface area contributed by atoms with Gasteiger partial charge in [0.2, 0.25) is 11.6 Å². The van der Waals surface area contributed by atoms with Crippen LogP contribution in [0.15, 0.2) is 48.8 Å². The number of carbonyl (C=O) groups excluding carboxylic acids is 1. The SMILES string of the molecule is CCOc1ccc(-[n+]2cccc(NC(C)=O)c2)cc1. The van der Waals surface area contributed by atoms with Crippen LogP contribution in [-0.4, -0.2) is 12.5 Å². The predicted octanol–water partition coefficient (Wildman–Crippen LogP) is 2.32. The standard InChI is InChI=1S/C15H16N2O2/c1-3-19-15-8-6-14(7-9-15)17-10-4-5-13(11-17)16-12(2)18/h4-11H,3H2,1-2H3/p+1. The smallest absolute Gasteiger partial charge is 0.221 e. The van der Waals surface area contributed by atoms with Gasteiger partial charge >= 0.3 is 0 Å². The minimum atomic E-state index is -0.0792. The Kier molecular flexibility index (Phi) is 4.13. The molecule has 0 aliphatic heterocycles. The van der Waals surface area contributed by atoms with E-state index in [0.29, 0.717) is 6.61 Å². The average molecular weight is 257 g/mol. The summed E-state index contributed by atoms with van der Waals surface area (Å²) in [5.74, 6) is 0.773. The van der Waals surface area contributed by atoms with Crippen molar-refractivity contribution in [1.82, 2.24) is 0 Å². The number of rotatable bonds is 4. The van der Waals surface area contributed by atoms with Crippen LogP contribution in [0.4, 0.5) is 5.69 Å². The fourth-order valence-electron chi connectivity index (χ4n) is 1.79. The zero-order valence-electron chi connectivity index (χ0n) is 11.1. The quantitative estimate of drug-likeness (QED) is 0.854. The third kappa shape index (κ3) is 3.55. The Morgan fingerprint density at radius 3 is 2.63 bits per heavy atom. The van der Waals surface area contributed by atoms with E-state index in [1.54, 1.807) is 0 Å². The van der Waals surface area contributed by atoms with Crippen LogP contribution in [0.1, 0.15) is 13.8 Å². The monoisotopic (exact) mass is 257 g/mol. The molecule has 4 heteroatoms. The van der Waals surface area contributed by atoms with Crippen LogP contribution >= 0.6 is 0 Å². The molecule has 0 aliphatic carbocycles. The van der Waals surface area contributed by atoms with Crippen molar-refractivity contribution < 1.29 is 14.1 Å². The molecule has 1 aromatic heterocycles. The van der Waals surface area contributed by atoms with Gasteiger partial charge in [0, 0.05) is 25.1 Å². The van der Waals surface area contributed by atoms with Crippen molar-refractivity contribution >= 4 is 11.6 Å². The summed E-state index contributed by atoms with van der Waals surface area (Å²) in [4.78, 5) is 11.0. The summed E-state index contributed by atoms with van der Waals surface area (Å²) in [6.45, 7) is 4.11. The van der Waals surface area contributed by atoms with Crippen molar-refractivity contribution in [1.29, 1.82) is 0 Å². The molecule has 0 saturated carbocycles. The predicted molar refractivity (Wildman–Crippen MR) is 73.4 cm³/mol. The number of aromatic nitrogens is 1. The molecule has 0 atom stereocenters. The molecule has 0 aliphatic rings. The van der Waals surface area contributed by atoms with Crippen LogP contribution in [-0.2, 0) is 4.79 Å². The van der Waals surface area contributed by atoms with Gasteiger partial charge in [-0.15, -0.1) is 0 Å². The van der Waals surface area contributed by atoms with Crippen molar-refractivity contribution in [3.63, 3.8) is 0 Å². The van der Waals surface area contributed by atoms with Crippen molar-refractivity contribution in [3.05, 3.63) is 48.8 Å². The number of pyridine rings is 1. The fraction of sp³-hybridized carbons (Fsp3) is 0.200. The number of benzene rings is 1. The summed E-state index contributed by atoms with van der Waals surface area (Å²) >= 11 is 0. The maximum Gasteiger partial charge on any atom is 0.221 e. The second-order valence-electron chi connectivity index (χ2n) is 4.11. The van der Waals surface area contributed by atoms with E-state index in [9.17, 15) is 4.79 Å². The summed E-state index contributed by atoms with van der Waals surface area (Å²) in [7, 11) is 0. The van der Waals surface area contributed by atoms with Gasteiger partial charge < -0.3 is 10.1 Å². The van der Waals surface area contributed by atoms with Gasteiger partial charge in [0.25, 0.3) is 0 Å². The molecule has 2 rings (SSSR count). The second kappa shape index (κ2) is 6.00. The molecule has 0 fully saturated rings. The minimum absolute atomic E-state index is 0.0792. The van der Waals surface area contributed by atoms with E-state index in [4.69, 9.17) is 4.74 Å². The van der Waals surface area contributed by atoms with E-state index in [1.807, 2.05) is 60.3 Å². The zero-order chi connectivity index (χ0) is 13.7. The molecule has 98 valence electrons. The van der Waals surface area contributed by atoms with Crippen LogP contribution in [0.2, 0.25) is 0 Å². The summed E-state index contributed by atoms with van der Waals surface area (Å²) in [5.41, 5.74) is 1.78. The topological polar surface area (TPSA) is 42.2 Å². The first-order valence-corrected chi connectivity index (χ1v) is 6.21. The molecule has 0 radical (unpaired) electrons. The van der Waals surface area contributed by atoms with Crippen molar-refractivity contribution in [2.45, 2.75) is 13.8 Å². The molecule has 0 bridgehead atoms. The third-order valence-corrected chi connectivity index (χ3v) is 2.57. The van der Waals surface area contributed by atoms with E-state index in [1.165, 1.54) is 6.92 Å². The van der Waals surface area contributed by atoms with Gasteiger partial charge in [0.15, 0.2) is 12.4 Å². The van der Waals surface area contributed by atoms with Crippen molar-refractivity contribution in [2.24, 2.45) is 0 Å². The molecule has 1 aromatic carbocycles. The van der Waals surface area contributed by atoms with E-state index in [0.717, 1.165) is 17.1 Å². The molecular formula is C15H17N2O2+. The van der Waals surface area contributed by atoms with E-state index in [2.05, 4.69) is 5.32 Å². The molecule has 0 saturated heterocycles. The number of amides is 1. The zero-order valence-corrected chi connectivity index (χ0v) is 11.1. The first kappa shape index (κ1) is 13.1. The van der Waals surface area contributed by atoms with Crippen LogP contribution < -0.4 is 14.6 Å². The lowest BCUT2D eigenvalue weighted by Crippen LogP contribution is -2.30. The van der Waals surface area contributed by atoms with Crippen molar-refractivity contribution in [3.8, 4) is 11.4 Å². The molecule has 2 aromatic rings. The van der Waals surface area contributed by atoms with Gasteiger partial charge in [-0.2, -0.15) is 4.57 Å². The summed E-state index contributed by atoms with van der Waals surface area (Å²) < 4.78 is 7.35. The lowest BCUT2D eigenvalue weighted by Gasteiger charge is -2.03. The first-order chi connectivity index (χ1) is 9.19. The highest BCUT2D eigenvalue weighted by Gasteiger charge is 2.07. The normalized spacial score (nSPS) is 10.0. The maximum atomic E-state index is 11.0. The summed E-state index contributed by atoms with van der Waals surface area (Å²) in [5, 5.41) is 2.76. The molecule has 19 heavy (non-hydrogen) atoms. The average Bonchev–Trinajstić information content (AvgIpc) is 2.39. The maximum absolute atomic E-state index is 11.0. The van der Waals surface area contributed by atoms with Crippen LogP contribution in [0.5, 0.6) is 5.75 Å². The minimum Gasteiger partial charge on any atom is -0.494 e. The number of anilines is 1. The molecule has 0 spiro atoms. The van der Waals surface area contributed by atoms with Gasteiger partial charge in [-0.3, -0.25) is 4.79 Å². The molecule has 0 unspecified atom stereocenters. The Balaban J connectivity index is 2.23. The molecule has 4 nitrogen and oxygen atoms in total. The van der Waals surface area contributed by atoms with Crippen LogP contribution in [0.25, 0.3) is 5.69 Å². The lowest BCUT2D eigenvalue weighted by atomic mass is 10.3. The Morgan fingerprint density at radius 2 is 2.00 bits per heavy atom. The first-order valence-electron chi connectivity index (χ1n) is 6.21. The van der Waals surface area contributed by atoms with Crippen LogP contribution in [0.3, 0.4) is 0 Å². The second-order valence-corrected chi connectivity index (χ2v) is 4.11. The third-order valence-electron chi connectivity index (χ3n) is 2.57. The Labute approximate surface area is 112 Å². The van der Waals surface area contributed by atoms with Gasteiger partial charge in [-0.25, -0.2) is 0 Å². The summed E-state index contributed by atoms with van der Waals surface area (Å²) in [6, 6.07) is 11.5. The molecule has 1 N–H and O–H groups in total. The van der Waals surface area contributed by atoms with Gasteiger partial charge in [-0.05, 0) is 25.1 Å². The highest BCUT2D eigenvalue weighted by atomic mass is 16.5. The number of ether oxygens (including phenoxy) is 1. The van der Waals surface area contributed by atoms with Gasteiger partial charge in [0.05, 0.1) is 6.61 Å². The van der Waals surface area contributed by atoms with Crippen LogP contribution in [0, 0.1) is 0 Å².